The molecule has 1 aromatic carbocycles. The van der Waals surface area contributed by atoms with E-state index >= 15 is 0 Å². The van der Waals surface area contributed by atoms with E-state index in [0.29, 0.717) is 31.0 Å². The van der Waals surface area contributed by atoms with Gasteiger partial charge in [-0.25, -0.2) is 0 Å². The number of benzene rings is 1. The van der Waals surface area contributed by atoms with Crippen LogP contribution in [-0.4, -0.2) is 56.5 Å². The molecule has 0 bridgehead atoms. The Kier molecular flexibility index (Phi) is 7.62. The second-order valence-corrected chi connectivity index (χ2v) is 6.92. The van der Waals surface area contributed by atoms with Crippen molar-refractivity contribution in [3.05, 3.63) is 40.3 Å². The Morgan fingerprint density at radius 3 is 2.41 bits per heavy atom. The van der Waals surface area contributed by atoms with Crippen LogP contribution in [0.5, 0.6) is 0 Å². The highest BCUT2D eigenvalue weighted by Crippen LogP contribution is 2.40. The summed E-state index contributed by atoms with van der Waals surface area (Å²) in [6.07, 6.45) is 1.52. The molecule has 0 saturated heterocycles. The summed E-state index contributed by atoms with van der Waals surface area (Å²) >= 11 is 0. The molecule has 2 unspecified atom stereocenters. The number of amides is 1. The zero-order valence-corrected chi connectivity index (χ0v) is 16.5. The first kappa shape index (κ1) is 21.2. The van der Waals surface area contributed by atoms with Crippen LogP contribution in [0.25, 0.3) is 10.4 Å². The zero-order valence-electron chi connectivity index (χ0n) is 16.5. The van der Waals surface area contributed by atoms with Gasteiger partial charge >= 0.3 is 0 Å². The van der Waals surface area contributed by atoms with Crippen LogP contribution in [0.4, 0.5) is 5.69 Å². The highest BCUT2D eigenvalue weighted by Gasteiger charge is 2.47. The molecular formula is C19H29N5O3. The topological polar surface area (TPSA) is 99.6 Å². The Morgan fingerprint density at radius 2 is 1.89 bits per heavy atom. The number of hydrogen-bond acceptors (Lipinski definition) is 5. The summed E-state index contributed by atoms with van der Waals surface area (Å²) in [7, 11) is 4.09. The number of carbonyl (C=O) groups is 1. The summed E-state index contributed by atoms with van der Waals surface area (Å²) in [6, 6.07) is 6.82. The lowest BCUT2D eigenvalue weighted by Crippen LogP contribution is -2.38. The van der Waals surface area contributed by atoms with E-state index in [1.165, 1.54) is 0 Å². The van der Waals surface area contributed by atoms with E-state index in [-0.39, 0.29) is 17.9 Å². The Morgan fingerprint density at radius 1 is 1.26 bits per heavy atom. The Bertz CT molecular complexity index is 664. The second-order valence-electron chi connectivity index (χ2n) is 6.92. The molecule has 1 aliphatic rings. The lowest BCUT2D eigenvalue weighted by Gasteiger charge is -2.29. The van der Waals surface area contributed by atoms with Crippen molar-refractivity contribution in [2.45, 2.75) is 38.5 Å². The molecule has 1 N–H and O–H groups in total. The van der Waals surface area contributed by atoms with Gasteiger partial charge in [0.15, 0.2) is 5.79 Å². The van der Waals surface area contributed by atoms with E-state index in [4.69, 9.17) is 15.0 Å². The normalized spacial score (nSPS) is 21.1. The maximum Gasteiger partial charge on any atom is 0.251 e. The predicted molar refractivity (Wildman–Crippen MR) is 104 cm³/mol. The SMILES string of the molecule is CCOC1(OCC)CC(CNC(=O)c2ccc(N=[N+]=[N-])cc2)C(N(C)C)C1. The fourth-order valence-electron chi connectivity index (χ4n) is 3.78. The van der Waals surface area contributed by atoms with Gasteiger partial charge in [0.1, 0.15) is 0 Å². The number of hydrogen-bond donors (Lipinski definition) is 1. The maximum absolute atomic E-state index is 12.5. The Hall–Kier alpha value is -2.12. The van der Waals surface area contributed by atoms with Crippen molar-refractivity contribution >= 4 is 11.6 Å². The van der Waals surface area contributed by atoms with Gasteiger partial charge in [-0.15, -0.1) is 0 Å². The van der Waals surface area contributed by atoms with Crippen LogP contribution in [0.3, 0.4) is 0 Å². The predicted octanol–water partition coefficient (Wildman–Crippen LogP) is 3.47. The van der Waals surface area contributed by atoms with E-state index < -0.39 is 5.79 Å². The molecule has 1 aromatic rings. The summed E-state index contributed by atoms with van der Waals surface area (Å²) in [6.45, 7) is 5.68. The molecule has 0 radical (unpaired) electrons. The molecule has 0 aliphatic heterocycles. The first-order valence-electron chi connectivity index (χ1n) is 9.32. The summed E-state index contributed by atoms with van der Waals surface area (Å²) in [5, 5.41) is 6.53. The quantitative estimate of drug-likeness (QED) is 0.309. The minimum Gasteiger partial charge on any atom is -0.352 e. The standard InChI is InChI=1S/C19H29N5O3/c1-5-26-19(27-6-2)11-15(17(12-19)24(3)4)13-21-18(25)14-7-9-16(10-8-14)22-23-20/h7-10,15,17H,5-6,11-13H2,1-4H3,(H,21,25). The minimum absolute atomic E-state index is 0.148. The molecule has 2 rings (SSSR count). The third-order valence-corrected chi connectivity index (χ3v) is 4.93. The highest BCUT2D eigenvalue weighted by molar-refractivity contribution is 5.94. The lowest BCUT2D eigenvalue weighted by molar-refractivity contribution is -0.230. The van der Waals surface area contributed by atoms with E-state index in [9.17, 15) is 4.79 Å². The van der Waals surface area contributed by atoms with Gasteiger partial charge in [-0.1, -0.05) is 17.2 Å². The van der Waals surface area contributed by atoms with Crippen LogP contribution in [0.1, 0.15) is 37.0 Å². The Balaban J connectivity index is 2.03. The first-order chi connectivity index (χ1) is 12.9. The van der Waals surface area contributed by atoms with Crippen molar-refractivity contribution in [2.75, 3.05) is 33.9 Å². The monoisotopic (exact) mass is 375 g/mol. The number of carbonyl (C=O) groups excluding carboxylic acids is 1. The van der Waals surface area contributed by atoms with Crippen LogP contribution in [-0.2, 0) is 9.47 Å². The van der Waals surface area contributed by atoms with Crippen LogP contribution >= 0.6 is 0 Å². The smallest absolute Gasteiger partial charge is 0.251 e. The number of rotatable bonds is 9. The van der Waals surface area contributed by atoms with Gasteiger partial charge in [0.25, 0.3) is 5.91 Å². The van der Waals surface area contributed by atoms with Gasteiger partial charge in [-0.2, -0.15) is 0 Å². The molecule has 0 aromatic heterocycles. The van der Waals surface area contributed by atoms with E-state index in [1.54, 1.807) is 24.3 Å². The third kappa shape index (κ3) is 5.43. The molecule has 0 heterocycles. The van der Waals surface area contributed by atoms with Crippen molar-refractivity contribution in [2.24, 2.45) is 11.0 Å². The maximum atomic E-state index is 12.5. The molecule has 148 valence electrons. The average Bonchev–Trinajstić information content (AvgIpc) is 3.00. The fraction of sp³-hybridized carbons (Fsp3) is 0.632. The molecule has 1 aliphatic carbocycles. The molecular weight excluding hydrogens is 346 g/mol. The van der Waals surface area contributed by atoms with Crippen LogP contribution in [0.2, 0.25) is 0 Å². The van der Waals surface area contributed by atoms with Crippen molar-refractivity contribution in [3.63, 3.8) is 0 Å². The number of nitrogens with zero attached hydrogens (tertiary/aromatic N) is 4. The molecule has 8 nitrogen and oxygen atoms in total. The average molecular weight is 375 g/mol. The van der Waals surface area contributed by atoms with E-state index in [2.05, 4.69) is 20.2 Å². The summed E-state index contributed by atoms with van der Waals surface area (Å²) in [4.78, 5) is 17.4. The Labute approximate surface area is 160 Å². The van der Waals surface area contributed by atoms with Gasteiger partial charge < -0.3 is 19.7 Å². The van der Waals surface area contributed by atoms with Gasteiger partial charge in [0.2, 0.25) is 0 Å². The van der Waals surface area contributed by atoms with Crippen molar-refractivity contribution in [3.8, 4) is 0 Å². The van der Waals surface area contributed by atoms with Crippen molar-refractivity contribution < 1.29 is 14.3 Å². The molecule has 0 spiro atoms. The van der Waals surface area contributed by atoms with Crippen LogP contribution < -0.4 is 5.32 Å². The number of ether oxygens (including phenoxy) is 2. The molecule has 1 saturated carbocycles. The zero-order chi connectivity index (χ0) is 19.9. The van der Waals surface area contributed by atoms with Gasteiger partial charge in [0.05, 0.1) is 0 Å². The van der Waals surface area contributed by atoms with E-state index in [1.807, 2.05) is 27.9 Å². The van der Waals surface area contributed by atoms with E-state index in [0.717, 1.165) is 12.8 Å². The lowest BCUT2D eigenvalue weighted by atomic mass is 10.0. The molecule has 27 heavy (non-hydrogen) atoms. The summed E-state index contributed by atoms with van der Waals surface area (Å²) in [5.74, 6) is -0.500. The largest absolute Gasteiger partial charge is 0.352 e. The second kappa shape index (κ2) is 9.71. The fourth-order valence-corrected chi connectivity index (χ4v) is 3.78. The van der Waals surface area contributed by atoms with Gasteiger partial charge in [-0.05, 0) is 51.5 Å². The van der Waals surface area contributed by atoms with Gasteiger partial charge in [0, 0.05) is 54.8 Å². The number of nitrogens with one attached hydrogen (secondary N) is 1. The van der Waals surface area contributed by atoms with Gasteiger partial charge in [-0.3, -0.25) is 4.79 Å². The summed E-state index contributed by atoms with van der Waals surface area (Å²) in [5.41, 5.74) is 9.46. The van der Waals surface area contributed by atoms with Crippen LogP contribution in [0.15, 0.2) is 29.4 Å². The highest BCUT2D eigenvalue weighted by atomic mass is 16.7. The number of azide groups is 1. The molecule has 1 fully saturated rings. The van der Waals surface area contributed by atoms with Crippen LogP contribution in [0, 0.1) is 5.92 Å². The molecule has 8 heteroatoms. The molecule has 2 atom stereocenters. The minimum atomic E-state index is -0.579. The molecule has 1 amide bonds. The van der Waals surface area contributed by atoms with Crippen molar-refractivity contribution in [1.82, 2.24) is 10.2 Å². The first-order valence-corrected chi connectivity index (χ1v) is 9.32. The summed E-state index contributed by atoms with van der Waals surface area (Å²) < 4.78 is 11.9. The third-order valence-electron chi connectivity index (χ3n) is 4.93. The van der Waals surface area contributed by atoms with Crippen molar-refractivity contribution in [1.29, 1.82) is 0 Å².